The maximum atomic E-state index is 6.08. The van der Waals surface area contributed by atoms with E-state index in [0.29, 0.717) is 0 Å². The zero-order valence-corrected chi connectivity index (χ0v) is 9.08. The number of nitrogens with two attached hydrogens (primary N) is 1. The van der Waals surface area contributed by atoms with E-state index in [1.54, 1.807) is 0 Å². The van der Waals surface area contributed by atoms with E-state index in [0.717, 1.165) is 6.42 Å². The molecule has 2 N–H and O–H groups in total. The van der Waals surface area contributed by atoms with Crippen molar-refractivity contribution >= 4 is 0 Å². The normalized spacial score (nSPS) is 12.7. The molecule has 1 atom stereocenters. The Bertz CT molecular complexity index is 230. The SMILES string of the molecule is CCCCCC[C@H](N)c1ccccc1. The number of hydrogen-bond donors (Lipinski definition) is 1. The van der Waals surface area contributed by atoms with Crippen LogP contribution in [-0.4, -0.2) is 0 Å². The van der Waals surface area contributed by atoms with Gasteiger partial charge in [-0.15, -0.1) is 0 Å². The Morgan fingerprint density at radius 3 is 2.43 bits per heavy atom. The predicted molar refractivity (Wildman–Crippen MR) is 62.1 cm³/mol. The highest BCUT2D eigenvalue weighted by Crippen LogP contribution is 2.16. The molecule has 0 aliphatic carbocycles. The molecule has 0 heterocycles. The van der Waals surface area contributed by atoms with E-state index in [2.05, 4.69) is 31.2 Å². The lowest BCUT2D eigenvalue weighted by Gasteiger charge is -2.11. The molecule has 14 heavy (non-hydrogen) atoms. The second kappa shape index (κ2) is 6.61. The maximum absolute atomic E-state index is 6.08. The minimum Gasteiger partial charge on any atom is -0.324 e. The largest absolute Gasteiger partial charge is 0.324 e. The van der Waals surface area contributed by atoms with Crippen molar-refractivity contribution in [2.75, 3.05) is 0 Å². The lowest BCUT2D eigenvalue weighted by atomic mass is 10.0. The predicted octanol–water partition coefficient (Wildman–Crippen LogP) is 3.66. The lowest BCUT2D eigenvalue weighted by Crippen LogP contribution is -2.09. The topological polar surface area (TPSA) is 26.0 Å². The highest BCUT2D eigenvalue weighted by atomic mass is 14.6. The first-order valence-electron chi connectivity index (χ1n) is 5.65. The van der Waals surface area contributed by atoms with Crippen molar-refractivity contribution in [3.63, 3.8) is 0 Å². The average molecular weight is 191 g/mol. The van der Waals surface area contributed by atoms with Gasteiger partial charge in [-0.05, 0) is 12.0 Å². The zero-order valence-electron chi connectivity index (χ0n) is 9.08. The Balaban J connectivity index is 2.25. The van der Waals surface area contributed by atoms with Gasteiger partial charge in [0.2, 0.25) is 0 Å². The Hall–Kier alpha value is -0.820. The molecule has 1 rings (SSSR count). The Morgan fingerprint density at radius 2 is 1.79 bits per heavy atom. The summed E-state index contributed by atoms with van der Waals surface area (Å²) in [5.74, 6) is 0. The van der Waals surface area contributed by atoms with Crippen molar-refractivity contribution in [3.05, 3.63) is 35.9 Å². The van der Waals surface area contributed by atoms with Crippen molar-refractivity contribution in [1.82, 2.24) is 0 Å². The van der Waals surface area contributed by atoms with E-state index in [4.69, 9.17) is 5.73 Å². The standard InChI is InChI=1S/C13H21N/c1-2-3-4-8-11-13(14)12-9-6-5-7-10-12/h5-7,9-10,13H,2-4,8,11,14H2,1H3/t13-/m0/s1. The average Bonchev–Trinajstić information content (AvgIpc) is 2.25. The molecule has 0 aliphatic rings. The molecule has 0 radical (unpaired) electrons. The number of hydrogen-bond acceptors (Lipinski definition) is 1. The third kappa shape index (κ3) is 3.93. The van der Waals surface area contributed by atoms with E-state index in [1.807, 2.05) is 6.07 Å². The summed E-state index contributed by atoms with van der Waals surface area (Å²) in [6.07, 6.45) is 6.31. The van der Waals surface area contributed by atoms with Gasteiger partial charge >= 0.3 is 0 Å². The summed E-state index contributed by atoms with van der Waals surface area (Å²) < 4.78 is 0. The van der Waals surface area contributed by atoms with Gasteiger partial charge in [-0.1, -0.05) is 62.9 Å². The van der Waals surface area contributed by atoms with Crippen LogP contribution in [0.25, 0.3) is 0 Å². The van der Waals surface area contributed by atoms with Crippen LogP contribution < -0.4 is 5.73 Å². The molecule has 0 saturated heterocycles. The van der Waals surface area contributed by atoms with Gasteiger partial charge in [-0.3, -0.25) is 0 Å². The molecule has 0 fully saturated rings. The van der Waals surface area contributed by atoms with Gasteiger partial charge in [0, 0.05) is 6.04 Å². The summed E-state index contributed by atoms with van der Waals surface area (Å²) >= 11 is 0. The van der Waals surface area contributed by atoms with E-state index in [-0.39, 0.29) is 6.04 Å². The summed E-state index contributed by atoms with van der Waals surface area (Å²) in [4.78, 5) is 0. The van der Waals surface area contributed by atoms with Crippen LogP contribution in [0.1, 0.15) is 50.6 Å². The van der Waals surface area contributed by atoms with Gasteiger partial charge in [0.15, 0.2) is 0 Å². The fourth-order valence-electron chi connectivity index (χ4n) is 1.66. The van der Waals surface area contributed by atoms with Crippen LogP contribution in [0.5, 0.6) is 0 Å². The molecule has 1 nitrogen and oxygen atoms in total. The fourth-order valence-corrected chi connectivity index (χ4v) is 1.66. The molecule has 0 bridgehead atoms. The lowest BCUT2D eigenvalue weighted by molar-refractivity contribution is 0.566. The first-order valence-corrected chi connectivity index (χ1v) is 5.65. The van der Waals surface area contributed by atoms with Crippen molar-refractivity contribution in [2.45, 2.75) is 45.1 Å². The third-order valence-corrected chi connectivity index (χ3v) is 2.60. The Morgan fingerprint density at radius 1 is 1.07 bits per heavy atom. The van der Waals surface area contributed by atoms with Gasteiger partial charge in [-0.2, -0.15) is 0 Å². The molecule has 1 heteroatoms. The van der Waals surface area contributed by atoms with Crippen molar-refractivity contribution in [2.24, 2.45) is 5.73 Å². The Labute approximate surface area is 87.3 Å². The van der Waals surface area contributed by atoms with Crippen molar-refractivity contribution in [1.29, 1.82) is 0 Å². The monoisotopic (exact) mass is 191 g/mol. The fraction of sp³-hybridized carbons (Fsp3) is 0.538. The number of unbranched alkanes of at least 4 members (excludes halogenated alkanes) is 3. The summed E-state index contributed by atoms with van der Waals surface area (Å²) in [5.41, 5.74) is 7.34. The minimum absolute atomic E-state index is 0.230. The quantitative estimate of drug-likeness (QED) is 0.682. The highest BCUT2D eigenvalue weighted by Gasteiger charge is 2.03. The molecule has 1 aromatic carbocycles. The molecule has 0 aromatic heterocycles. The smallest absolute Gasteiger partial charge is 0.0294 e. The molecule has 0 saturated carbocycles. The molecule has 0 spiro atoms. The summed E-state index contributed by atoms with van der Waals surface area (Å²) in [6, 6.07) is 10.6. The van der Waals surface area contributed by atoms with E-state index < -0.39 is 0 Å². The maximum Gasteiger partial charge on any atom is 0.0294 e. The third-order valence-electron chi connectivity index (χ3n) is 2.60. The van der Waals surface area contributed by atoms with Crippen LogP contribution in [-0.2, 0) is 0 Å². The van der Waals surface area contributed by atoms with Gasteiger partial charge in [0.25, 0.3) is 0 Å². The van der Waals surface area contributed by atoms with E-state index in [1.165, 1.54) is 31.2 Å². The van der Waals surface area contributed by atoms with Crippen LogP contribution in [0.4, 0.5) is 0 Å². The van der Waals surface area contributed by atoms with Crippen molar-refractivity contribution < 1.29 is 0 Å². The molecular formula is C13H21N. The van der Waals surface area contributed by atoms with Crippen LogP contribution >= 0.6 is 0 Å². The Kier molecular flexibility index (Phi) is 5.31. The molecule has 0 amide bonds. The second-order valence-electron chi connectivity index (χ2n) is 3.87. The number of rotatable bonds is 6. The van der Waals surface area contributed by atoms with Crippen LogP contribution in [0, 0.1) is 0 Å². The van der Waals surface area contributed by atoms with E-state index in [9.17, 15) is 0 Å². The zero-order chi connectivity index (χ0) is 10.2. The van der Waals surface area contributed by atoms with Crippen LogP contribution in [0.15, 0.2) is 30.3 Å². The van der Waals surface area contributed by atoms with Gasteiger partial charge < -0.3 is 5.73 Å². The first kappa shape index (κ1) is 11.3. The minimum atomic E-state index is 0.230. The van der Waals surface area contributed by atoms with E-state index >= 15 is 0 Å². The van der Waals surface area contributed by atoms with Gasteiger partial charge in [0.05, 0.1) is 0 Å². The summed E-state index contributed by atoms with van der Waals surface area (Å²) in [6.45, 7) is 2.23. The summed E-state index contributed by atoms with van der Waals surface area (Å²) in [7, 11) is 0. The molecule has 0 unspecified atom stereocenters. The molecule has 78 valence electrons. The first-order chi connectivity index (χ1) is 6.84. The van der Waals surface area contributed by atoms with Gasteiger partial charge in [-0.25, -0.2) is 0 Å². The van der Waals surface area contributed by atoms with Crippen LogP contribution in [0.3, 0.4) is 0 Å². The van der Waals surface area contributed by atoms with Crippen molar-refractivity contribution in [3.8, 4) is 0 Å². The summed E-state index contributed by atoms with van der Waals surface area (Å²) in [5, 5.41) is 0. The molecular weight excluding hydrogens is 170 g/mol. The van der Waals surface area contributed by atoms with Gasteiger partial charge in [0.1, 0.15) is 0 Å². The highest BCUT2D eigenvalue weighted by molar-refractivity contribution is 5.18. The number of benzene rings is 1. The molecule has 0 aliphatic heterocycles. The molecule has 1 aromatic rings. The second-order valence-corrected chi connectivity index (χ2v) is 3.87. The van der Waals surface area contributed by atoms with Crippen LogP contribution in [0.2, 0.25) is 0 Å².